The first kappa shape index (κ1) is 26.7. The van der Waals surface area contributed by atoms with Gasteiger partial charge in [-0.15, -0.1) is 0 Å². The molecule has 0 fully saturated rings. The summed E-state index contributed by atoms with van der Waals surface area (Å²) < 4.78 is 16.3. The maximum atomic E-state index is 12.3. The van der Waals surface area contributed by atoms with E-state index in [1.165, 1.54) is 6.21 Å². The summed E-state index contributed by atoms with van der Waals surface area (Å²) in [6.07, 6.45) is 1.49. The molecule has 7 nitrogen and oxygen atoms in total. The summed E-state index contributed by atoms with van der Waals surface area (Å²) >= 11 is 6.30. The van der Waals surface area contributed by atoms with E-state index < -0.39 is 5.91 Å². The molecular weight excluding hydrogens is 526 g/mol. The van der Waals surface area contributed by atoms with Crippen molar-refractivity contribution in [1.82, 2.24) is 10.4 Å². The summed E-state index contributed by atoms with van der Waals surface area (Å²) in [7, 11) is 3.10. The lowest BCUT2D eigenvalue weighted by atomic mass is 9.98. The number of para-hydroxylation sites is 1. The highest BCUT2D eigenvalue weighted by atomic mass is 35.5. The van der Waals surface area contributed by atoms with Gasteiger partial charge in [0.2, 0.25) is 0 Å². The van der Waals surface area contributed by atoms with Gasteiger partial charge in [0.15, 0.2) is 18.1 Å². The molecule has 0 radical (unpaired) electrons. The molecule has 0 aliphatic carbocycles. The van der Waals surface area contributed by atoms with E-state index in [0.717, 1.165) is 33.3 Å². The Morgan fingerprint density at radius 2 is 1.70 bits per heavy atom. The molecule has 0 bridgehead atoms. The second kappa shape index (κ2) is 12.3. The van der Waals surface area contributed by atoms with Crippen molar-refractivity contribution in [2.45, 2.75) is 0 Å². The summed E-state index contributed by atoms with van der Waals surface area (Å²) in [5, 5.41) is 5.65. The third-order valence-electron chi connectivity index (χ3n) is 6.20. The number of rotatable bonds is 9. The van der Waals surface area contributed by atoms with Crippen molar-refractivity contribution < 1.29 is 19.0 Å². The minimum Gasteiger partial charge on any atom is -0.493 e. The van der Waals surface area contributed by atoms with Crippen LogP contribution in [0.25, 0.3) is 33.3 Å². The molecule has 1 heterocycles. The highest BCUT2D eigenvalue weighted by Gasteiger charge is 2.11. The van der Waals surface area contributed by atoms with Gasteiger partial charge in [0, 0.05) is 21.5 Å². The van der Waals surface area contributed by atoms with Crippen LogP contribution in [-0.4, -0.2) is 37.9 Å². The first-order valence-corrected chi connectivity index (χ1v) is 12.9. The minimum atomic E-state index is -0.399. The van der Waals surface area contributed by atoms with Gasteiger partial charge in [-0.2, -0.15) is 5.10 Å². The standard InChI is InChI=1S/C32H26ClN3O4/c1-38-30-10-6-9-23(32(30)39-2)19-34-36-31(37)20-40-25-14-11-22(12-15-25)29-18-26(21-7-4-3-5-8-21)27-17-24(33)13-16-28(27)35-29/h3-19H,20H2,1-2H3,(H,36,37)/b34-19+. The quantitative estimate of drug-likeness (QED) is 0.161. The maximum Gasteiger partial charge on any atom is 0.277 e. The SMILES string of the molecule is COc1cccc(/C=N/NC(=O)COc2ccc(-c3cc(-c4ccccc4)c4cc(Cl)ccc4n3)cc2)c1OC. The summed E-state index contributed by atoms with van der Waals surface area (Å²) in [5.41, 5.74) is 7.85. The Kier molecular flexibility index (Phi) is 8.23. The number of hydrogen-bond donors (Lipinski definition) is 1. The third-order valence-corrected chi connectivity index (χ3v) is 6.44. The van der Waals surface area contributed by atoms with Crippen molar-refractivity contribution in [2.75, 3.05) is 20.8 Å². The highest BCUT2D eigenvalue weighted by molar-refractivity contribution is 6.31. The number of halogens is 1. The van der Waals surface area contributed by atoms with E-state index in [0.29, 0.717) is 27.8 Å². The van der Waals surface area contributed by atoms with Gasteiger partial charge in [-0.1, -0.05) is 48.0 Å². The molecule has 0 aliphatic heterocycles. The lowest BCUT2D eigenvalue weighted by molar-refractivity contribution is -0.123. The number of carbonyl (C=O) groups excluding carboxylic acids is 1. The fraction of sp³-hybridized carbons (Fsp3) is 0.0938. The number of ether oxygens (including phenoxy) is 3. The summed E-state index contributed by atoms with van der Waals surface area (Å²) in [4.78, 5) is 17.1. The summed E-state index contributed by atoms with van der Waals surface area (Å²) in [6.45, 7) is -0.195. The molecule has 0 spiro atoms. The molecule has 8 heteroatoms. The Morgan fingerprint density at radius 1 is 0.900 bits per heavy atom. The molecule has 5 aromatic rings. The predicted molar refractivity (Wildman–Crippen MR) is 158 cm³/mol. The van der Waals surface area contributed by atoms with E-state index in [9.17, 15) is 4.79 Å². The number of fused-ring (bicyclic) bond motifs is 1. The van der Waals surface area contributed by atoms with Crippen LogP contribution < -0.4 is 19.6 Å². The van der Waals surface area contributed by atoms with Crippen LogP contribution in [0, 0.1) is 0 Å². The number of hydrazone groups is 1. The molecule has 1 N–H and O–H groups in total. The van der Waals surface area contributed by atoms with E-state index >= 15 is 0 Å². The number of nitrogens with one attached hydrogen (secondary N) is 1. The number of methoxy groups -OCH3 is 2. The maximum absolute atomic E-state index is 12.3. The number of amides is 1. The second-order valence-corrected chi connectivity index (χ2v) is 9.21. The number of benzene rings is 4. The number of aromatic nitrogens is 1. The van der Waals surface area contributed by atoms with Crippen LogP contribution in [0.15, 0.2) is 102 Å². The highest BCUT2D eigenvalue weighted by Crippen LogP contribution is 2.34. The molecule has 0 saturated heterocycles. The Balaban J connectivity index is 1.27. The van der Waals surface area contributed by atoms with Gasteiger partial charge in [-0.3, -0.25) is 4.79 Å². The fourth-order valence-corrected chi connectivity index (χ4v) is 4.47. The van der Waals surface area contributed by atoms with Crippen LogP contribution in [0.4, 0.5) is 0 Å². The Hall–Kier alpha value is -4.88. The summed E-state index contributed by atoms with van der Waals surface area (Å²) in [5.74, 6) is 1.25. The zero-order valence-corrected chi connectivity index (χ0v) is 22.7. The Bertz CT molecular complexity index is 1670. The lowest BCUT2D eigenvalue weighted by Crippen LogP contribution is -2.24. The van der Waals surface area contributed by atoms with E-state index in [1.807, 2.05) is 66.7 Å². The fourth-order valence-electron chi connectivity index (χ4n) is 4.29. The normalized spacial score (nSPS) is 11.0. The van der Waals surface area contributed by atoms with Crippen LogP contribution in [0.2, 0.25) is 5.02 Å². The van der Waals surface area contributed by atoms with E-state index in [1.54, 1.807) is 26.4 Å². The van der Waals surface area contributed by atoms with Crippen molar-refractivity contribution in [2.24, 2.45) is 5.10 Å². The van der Waals surface area contributed by atoms with Crippen LogP contribution in [0.3, 0.4) is 0 Å². The van der Waals surface area contributed by atoms with Gasteiger partial charge in [0.25, 0.3) is 5.91 Å². The van der Waals surface area contributed by atoms with Crippen molar-refractivity contribution >= 4 is 34.6 Å². The van der Waals surface area contributed by atoms with Crippen LogP contribution in [0.5, 0.6) is 17.2 Å². The first-order chi connectivity index (χ1) is 19.6. The second-order valence-electron chi connectivity index (χ2n) is 8.77. The third kappa shape index (κ3) is 6.06. The van der Waals surface area contributed by atoms with Crippen molar-refractivity contribution in [3.8, 4) is 39.6 Å². The zero-order valence-electron chi connectivity index (χ0n) is 21.9. The molecule has 1 aromatic heterocycles. The van der Waals surface area contributed by atoms with Crippen LogP contribution in [0.1, 0.15) is 5.56 Å². The number of hydrogen-bond acceptors (Lipinski definition) is 6. The average molecular weight is 552 g/mol. The molecule has 0 unspecified atom stereocenters. The van der Waals surface area contributed by atoms with Crippen molar-refractivity contribution in [1.29, 1.82) is 0 Å². The van der Waals surface area contributed by atoms with Crippen molar-refractivity contribution in [3.63, 3.8) is 0 Å². The Morgan fingerprint density at radius 3 is 2.45 bits per heavy atom. The largest absolute Gasteiger partial charge is 0.493 e. The smallest absolute Gasteiger partial charge is 0.277 e. The number of nitrogens with zero attached hydrogens (tertiary/aromatic N) is 2. The van der Waals surface area contributed by atoms with Gasteiger partial charge < -0.3 is 14.2 Å². The predicted octanol–water partition coefficient (Wildman–Crippen LogP) is 6.77. The molecule has 5 rings (SSSR count). The van der Waals surface area contributed by atoms with Crippen LogP contribution in [-0.2, 0) is 4.79 Å². The van der Waals surface area contributed by atoms with E-state index in [2.05, 4.69) is 28.7 Å². The Labute approximate surface area is 237 Å². The average Bonchev–Trinajstić information content (AvgIpc) is 3.00. The minimum absolute atomic E-state index is 0.195. The monoisotopic (exact) mass is 551 g/mol. The van der Waals surface area contributed by atoms with Gasteiger partial charge in [-0.05, 0) is 71.8 Å². The zero-order chi connectivity index (χ0) is 27.9. The first-order valence-electron chi connectivity index (χ1n) is 12.5. The van der Waals surface area contributed by atoms with Crippen molar-refractivity contribution in [3.05, 3.63) is 108 Å². The molecule has 0 saturated carbocycles. The number of carbonyl (C=O) groups is 1. The van der Waals surface area contributed by atoms with Gasteiger partial charge in [0.1, 0.15) is 5.75 Å². The molecular formula is C32H26ClN3O4. The molecule has 0 atom stereocenters. The van der Waals surface area contributed by atoms with E-state index in [4.69, 9.17) is 30.8 Å². The van der Waals surface area contributed by atoms with Gasteiger partial charge in [-0.25, -0.2) is 10.4 Å². The lowest BCUT2D eigenvalue weighted by Gasteiger charge is -2.11. The van der Waals surface area contributed by atoms with Crippen LogP contribution >= 0.6 is 11.6 Å². The van der Waals surface area contributed by atoms with E-state index in [-0.39, 0.29) is 6.61 Å². The topological polar surface area (TPSA) is 82.0 Å². The number of pyridine rings is 1. The van der Waals surface area contributed by atoms with Gasteiger partial charge >= 0.3 is 0 Å². The molecule has 200 valence electrons. The molecule has 0 aliphatic rings. The molecule has 40 heavy (non-hydrogen) atoms. The molecule has 1 amide bonds. The molecule has 4 aromatic carbocycles. The summed E-state index contributed by atoms with van der Waals surface area (Å²) in [6, 6.07) is 30.8. The van der Waals surface area contributed by atoms with Gasteiger partial charge in [0.05, 0.1) is 31.6 Å².